The molecule has 1 fully saturated rings. The maximum Gasteiger partial charge on any atom is 0.306 e. The smallest absolute Gasteiger partial charge is 0.306 e. The summed E-state index contributed by atoms with van der Waals surface area (Å²) in [7, 11) is 0. The van der Waals surface area contributed by atoms with Gasteiger partial charge in [-0.2, -0.15) is 0 Å². The van der Waals surface area contributed by atoms with E-state index in [0.29, 0.717) is 12.8 Å². The van der Waals surface area contributed by atoms with E-state index in [2.05, 4.69) is 17.9 Å². The third-order valence-corrected chi connectivity index (χ3v) is 4.80. The first-order valence-electron chi connectivity index (χ1n) is 7.87. The van der Waals surface area contributed by atoms with Crippen LogP contribution in [0, 0.1) is 26.7 Å². The van der Waals surface area contributed by atoms with Crippen LogP contribution in [0.25, 0.3) is 0 Å². The van der Waals surface area contributed by atoms with E-state index in [1.807, 2.05) is 13.8 Å². The minimum Gasteiger partial charge on any atom is -0.481 e. The van der Waals surface area contributed by atoms with E-state index in [-0.39, 0.29) is 11.7 Å². The van der Waals surface area contributed by atoms with E-state index in [1.54, 1.807) is 6.92 Å². The number of carboxylic acid groups (broad SMARTS) is 1. The van der Waals surface area contributed by atoms with Crippen molar-refractivity contribution in [2.24, 2.45) is 5.92 Å². The number of carboxylic acids is 1. The molecule has 0 unspecified atom stereocenters. The molecule has 4 heteroatoms. The highest BCUT2D eigenvalue weighted by Gasteiger charge is 2.25. The summed E-state index contributed by atoms with van der Waals surface area (Å²) in [4.78, 5) is 25.2. The van der Waals surface area contributed by atoms with E-state index < -0.39 is 5.97 Å². The first-order chi connectivity index (χ1) is 10.3. The molecule has 1 heterocycles. The molecule has 0 amide bonds. The van der Waals surface area contributed by atoms with Gasteiger partial charge in [-0.1, -0.05) is 6.07 Å². The maximum absolute atomic E-state index is 11.9. The minimum atomic E-state index is -0.679. The Bertz CT molecular complexity index is 599. The Balaban J connectivity index is 2.19. The van der Waals surface area contributed by atoms with Gasteiger partial charge in [0.15, 0.2) is 5.78 Å². The molecule has 0 bridgehead atoms. The number of likely N-dealkylation sites (tertiary alicyclic amines) is 1. The topological polar surface area (TPSA) is 57.6 Å². The fraction of sp³-hybridized carbons (Fsp3) is 0.556. The van der Waals surface area contributed by atoms with Crippen molar-refractivity contribution in [2.45, 2.75) is 47.1 Å². The van der Waals surface area contributed by atoms with Gasteiger partial charge in [-0.25, -0.2) is 0 Å². The number of hydrogen-bond acceptors (Lipinski definition) is 3. The van der Waals surface area contributed by atoms with E-state index >= 15 is 0 Å². The van der Waals surface area contributed by atoms with Crippen molar-refractivity contribution in [3.05, 3.63) is 33.9 Å². The molecule has 0 saturated carbocycles. The van der Waals surface area contributed by atoms with Crippen LogP contribution in [0.4, 0.5) is 0 Å². The summed E-state index contributed by atoms with van der Waals surface area (Å²) < 4.78 is 0. The summed E-state index contributed by atoms with van der Waals surface area (Å²) in [6.07, 6.45) is 1.41. The lowest BCUT2D eigenvalue weighted by Crippen LogP contribution is -2.36. The maximum atomic E-state index is 11.9. The summed E-state index contributed by atoms with van der Waals surface area (Å²) in [6, 6.07) is 2.09. The number of piperidine rings is 1. The fourth-order valence-corrected chi connectivity index (χ4v) is 3.57. The lowest BCUT2D eigenvalue weighted by Gasteiger charge is -2.31. The number of nitrogens with zero attached hydrogens (tertiary/aromatic N) is 1. The second-order valence-corrected chi connectivity index (χ2v) is 6.43. The van der Waals surface area contributed by atoms with Crippen LogP contribution in [0.15, 0.2) is 6.07 Å². The van der Waals surface area contributed by atoms with Crippen LogP contribution in [0.3, 0.4) is 0 Å². The highest BCUT2D eigenvalue weighted by atomic mass is 16.4. The van der Waals surface area contributed by atoms with Gasteiger partial charge in [0.05, 0.1) is 5.92 Å². The third-order valence-electron chi connectivity index (χ3n) is 4.80. The molecule has 1 aromatic carbocycles. The summed E-state index contributed by atoms with van der Waals surface area (Å²) in [5.41, 5.74) is 5.37. The van der Waals surface area contributed by atoms with Crippen molar-refractivity contribution in [1.82, 2.24) is 4.90 Å². The van der Waals surface area contributed by atoms with Crippen molar-refractivity contribution < 1.29 is 14.7 Å². The van der Waals surface area contributed by atoms with Crippen LogP contribution >= 0.6 is 0 Å². The van der Waals surface area contributed by atoms with E-state index in [4.69, 9.17) is 5.11 Å². The molecular formula is C18H25NO3. The monoisotopic (exact) mass is 303 g/mol. The van der Waals surface area contributed by atoms with Gasteiger partial charge in [0, 0.05) is 12.1 Å². The zero-order valence-electron chi connectivity index (χ0n) is 13.9. The zero-order valence-corrected chi connectivity index (χ0v) is 13.9. The molecular weight excluding hydrogens is 278 g/mol. The van der Waals surface area contributed by atoms with Crippen LogP contribution in [-0.4, -0.2) is 34.8 Å². The Morgan fingerprint density at radius 2 is 1.77 bits per heavy atom. The Labute approximate surface area is 132 Å². The molecule has 4 nitrogen and oxygen atoms in total. The molecule has 120 valence electrons. The van der Waals surface area contributed by atoms with Crippen molar-refractivity contribution in [1.29, 1.82) is 0 Å². The quantitative estimate of drug-likeness (QED) is 0.868. The van der Waals surface area contributed by atoms with Gasteiger partial charge in [-0.05, 0) is 75.9 Å². The number of benzene rings is 1. The predicted octanol–water partition coefficient (Wildman–Crippen LogP) is 3.11. The summed E-state index contributed by atoms with van der Waals surface area (Å²) in [6.45, 7) is 10.1. The van der Waals surface area contributed by atoms with Crippen LogP contribution < -0.4 is 0 Å². The van der Waals surface area contributed by atoms with Gasteiger partial charge >= 0.3 is 5.97 Å². The van der Waals surface area contributed by atoms with E-state index in [1.165, 1.54) is 11.1 Å². The van der Waals surface area contributed by atoms with Gasteiger partial charge in [-0.15, -0.1) is 0 Å². The molecule has 0 atom stereocenters. The lowest BCUT2D eigenvalue weighted by molar-refractivity contribution is -0.143. The molecule has 0 spiro atoms. The Morgan fingerprint density at radius 3 is 2.27 bits per heavy atom. The largest absolute Gasteiger partial charge is 0.481 e. The van der Waals surface area contributed by atoms with Gasteiger partial charge < -0.3 is 5.11 Å². The predicted molar refractivity (Wildman–Crippen MR) is 86.3 cm³/mol. The van der Waals surface area contributed by atoms with Crippen LogP contribution in [0.1, 0.15) is 52.4 Å². The minimum absolute atomic E-state index is 0.112. The summed E-state index contributed by atoms with van der Waals surface area (Å²) >= 11 is 0. The van der Waals surface area contributed by atoms with Crippen molar-refractivity contribution in [3.63, 3.8) is 0 Å². The molecule has 1 aliphatic rings. The Morgan fingerprint density at radius 1 is 1.18 bits per heavy atom. The van der Waals surface area contributed by atoms with Crippen molar-refractivity contribution in [3.8, 4) is 0 Å². The number of hydrogen-bond donors (Lipinski definition) is 1. The molecule has 1 aromatic rings. The van der Waals surface area contributed by atoms with E-state index in [9.17, 15) is 9.59 Å². The summed E-state index contributed by atoms with van der Waals surface area (Å²) in [5, 5.41) is 9.07. The Kier molecular flexibility index (Phi) is 5.01. The second kappa shape index (κ2) is 6.61. The SMILES string of the molecule is CC(=O)c1c(C)cc(C)c(CN2CCC(C(=O)O)CC2)c1C. The molecule has 1 saturated heterocycles. The summed E-state index contributed by atoms with van der Waals surface area (Å²) in [5.74, 6) is -0.772. The normalized spacial score (nSPS) is 16.7. The second-order valence-electron chi connectivity index (χ2n) is 6.43. The number of ketones is 1. The first kappa shape index (κ1) is 16.7. The van der Waals surface area contributed by atoms with Gasteiger partial charge in [0.1, 0.15) is 0 Å². The fourth-order valence-electron chi connectivity index (χ4n) is 3.57. The number of Topliss-reactive ketones (excluding diaryl/α,β-unsaturated/α-hetero) is 1. The molecule has 0 aromatic heterocycles. The van der Waals surface area contributed by atoms with E-state index in [0.717, 1.165) is 36.3 Å². The molecule has 1 N–H and O–H groups in total. The number of carbonyl (C=O) groups is 2. The van der Waals surface area contributed by atoms with Gasteiger partial charge in [-0.3, -0.25) is 14.5 Å². The molecule has 1 aliphatic heterocycles. The lowest BCUT2D eigenvalue weighted by atomic mass is 9.90. The average Bonchev–Trinajstić information content (AvgIpc) is 2.43. The molecule has 22 heavy (non-hydrogen) atoms. The van der Waals surface area contributed by atoms with Gasteiger partial charge in [0.2, 0.25) is 0 Å². The van der Waals surface area contributed by atoms with Crippen molar-refractivity contribution >= 4 is 11.8 Å². The van der Waals surface area contributed by atoms with Crippen LogP contribution in [-0.2, 0) is 11.3 Å². The standard InChI is InChI=1S/C18H25NO3/c1-11-9-12(2)17(14(4)20)13(3)16(11)10-19-7-5-15(6-8-19)18(21)22/h9,15H,5-8,10H2,1-4H3,(H,21,22). The third kappa shape index (κ3) is 3.38. The molecule has 0 radical (unpaired) electrons. The highest BCUT2D eigenvalue weighted by molar-refractivity contribution is 5.97. The Hall–Kier alpha value is -1.68. The zero-order chi connectivity index (χ0) is 16.4. The number of aliphatic carboxylic acids is 1. The average molecular weight is 303 g/mol. The van der Waals surface area contributed by atoms with Gasteiger partial charge in [0.25, 0.3) is 0 Å². The van der Waals surface area contributed by atoms with Crippen LogP contribution in [0.5, 0.6) is 0 Å². The molecule has 2 rings (SSSR count). The highest BCUT2D eigenvalue weighted by Crippen LogP contribution is 2.26. The molecule has 0 aliphatic carbocycles. The van der Waals surface area contributed by atoms with Crippen LogP contribution in [0.2, 0.25) is 0 Å². The number of rotatable bonds is 4. The van der Waals surface area contributed by atoms with Crippen molar-refractivity contribution in [2.75, 3.05) is 13.1 Å². The first-order valence-corrected chi connectivity index (χ1v) is 7.87. The number of carbonyl (C=O) groups excluding carboxylic acids is 1. The number of aryl methyl sites for hydroxylation is 2.